The summed E-state index contributed by atoms with van der Waals surface area (Å²) in [5.41, 5.74) is 1.55. The lowest BCUT2D eigenvalue weighted by Gasteiger charge is -2.11. The van der Waals surface area contributed by atoms with E-state index < -0.39 is 5.97 Å². The van der Waals surface area contributed by atoms with Crippen molar-refractivity contribution in [1.29, 1.82) is 0 Å². The van der Waals surface area contributed by atoms with Gasteiger partial charge in [-0.3, -0.25) is 0 Å². The molecule has 0 aliphatic carbocycles. The molecule has 20 heavy (non-hydrogen) atoms. The number of aryl methyl sites for hydroxylation is 1. The molecule has 7 nitrogen and oxygen atoms in total. The molecule has 0 fully saturated rings. The van der Waals surface area contributed by atoms with E-state index in [-0.39, 0.29) is 25.8 Å². The number of rotatable bonds is 7. The van der Waals surface area contributed by atoms with Gasteiger partial charge in [0.2, 0.25) is 0 Å². The summed E-state index contributed by atoms with van der Waals surface area (Å²) < 4.78 is 9.86. The summed E-state index contributed by atoms with van der Waals surface area (Å²) in [6.07, 6.45) is 0. The first-order valence-electron chi connectivity index (χ1n) is 6.02. The smallest absolute Gasteiger partial charge is 0.329 e. The van der Waals surface area contributed by atoms with Crippen molar-refractivity contribution >= 4 is 17.7 Å². The Bertz CT molecular complexity index is 476. The second-order valence-corrected chi connectivity index (χ2v) is 4.01. The van der Waals surface area contributed by atoms with Crippen LogP contribution in [0.3, 0.4) is 0 Å². The van der Waals surface area contributed by atoms with Crippen molar-refractivity contribution in [3.05, 3.63) is 23.8 Å². The number of methoxy groups -OCH3 is 1. The highest BCUT2D eigenvalue weighted by Gasteiger charge is 2.05. The van der Waals surface area contributed by atoms with Crippen LogP contribution in [0.5, 0.6) is 5.75 Å². The van der Waals surface area contributed by atoms with Crippen LogP contribution < -0.4 is 15.4 Å². The molecule has 7 heteroatoms. The Hall–Kier alpha value is -2.28. The monoisotopic (exact) mass is 282 g/mol. The first kappa shape index (κ1) is 15.8. The number of anilines is 1. The standard InChI is InChI=1S/C13H18N2O5/c1-9-7-10(19-2)3-4-11(9)15-13(18)14-5-6-20-8-12(16)17/h3-4,7H,5-6,8H2,1-2H3,(H,16,17)(H2,14,15,18). The average Bonchev–Trinajstić information content (AvgIpc) is 2.40. The molecule has 0 atom stereocenters. The predicted molar refractivity (Wildman–Crippen MR) is 73.2 cm³/mol. The maximum Gasteiger partial charge on any atom is 0.329 e. The molecule has 0 heterocycles. The largest absolute Gasteiger partial charge is 0.497 e. The van der Waals surface area contributed by atoms with E-state index in [2.05, 4.69) is 10.6 Å². The van der Waals surface area contributed by atoms with Crippen molar-refractivity contribution in [2.45, 2.75) is 6.92 Å². The number of carboxylic acid groups (broad SMARTS) is 1. The molecule has 0 bridgehead atoms. The van der Waals surface area contributed by atoms with Gasteiger partial charge in [0.25, 0.3) is 0 Å². The van der Waals surface area contributed by atoms with Gasteiger partial charge < -0.3 is 25.2 Å². The molecule has 1 aromatic rings. The fraction of sp³-hybridized carbons (Fsp3) is 0.385. The molecule has 3 N–H and O–H groups in total. The van der Waals surface area contributed by atoms with E-state index in [4.69, 9.17) is 14.6 Å². The maximum absolute atomic E-state index is 11.6. The van der Waals surface area contributed by atoms with Crippen LogP contribution in [-0.4, -0.2) is 44.0 Å². The summed E-state index contributed by atoms with van der Waals surface area (Å²) in [6.45, 7) is 1.85. The lowest BCUT2D eigenvalue weighted by molar-refractivity contribution is -0.142. The number of hydrogen-bond donors (Lipinski definition) is 3. The third-order valence-corrected chi connectivity index (χ3v) is 2.44. The van der Waals surface area contributed by atoms with Crippen LogP contribution in [0.15, 0.2) is 18.2 Å². The van der Waals surface area contributed by atoms with Gasteiger partial charge in [0.05, 0.1) is 13.7 Å². The lowest BCUT2D eigenvalue weighted by Crippen LogP contribution is -2.32. The summed E-state index contributed by atoms with van der Waals surface area (Å²) in [5.74, 6) is -0.321. The van der Waals surface area contributed by atoms with Gasteiger partial charge in [-0.25, -0.2) is 9.59 Å². The predicted octanol–water partition coefficient (Wildman–Crippen LogP) is 1.23. The van der Waals surface area contributed by atoms with E-state index in [1.165, 1.54) is 0 Å². The molecule has 1 rings (SSSR count). The third-order valence-electron chi connectivity index (χ3n) is 2.44. The van der Waals surface area contributed by atoms with Crippen LogP contribution in [0, 0.1) is 6.92 Å². The number of urea groups is 1. The van der Waals surface area contributed by atoms with Crippen LogP contribution in [0.2, 0.25) is 0 Å². The minimum absolute atomic E-state index is 0.140. The van der Waals surface area contributed by atoms with Crippen LogP contribution in [0.4, 0.5) is 10.5 Å². The van der Waals surface area contributed by atoms with E-state index in [9.17, 15) is 9.59 Å². The van der Waals surface area contributed by atoms with Crippen molar-refractivity contribution in [2.24, 2.45) is 0 Å². The number of benzene rings is 1. The number of nitrogens with one attached hydrogen (secondary N) is 2. The zero-order valence-corrected chi connectivity index (χ0v) is 11.4. The summed E-state index contributed by atoms with van der Waals surface area (Å²) in [4.78, 5) is 21.8. The minimum Gasteiger partial charge on any atom is -0.497 e. The molecule has 0 unspecified atom stereocenters. The number of carboxylic acids is 1. The molecule has 0 radical (unpaired) electrons. The Balaban J connectivity index is 2.33. The lowest BCUT2D eigenvalue weighted by atomic mass is 10.2. The Morgan fingerprint density at radius 3 is 2.70 bits per heavy atom. The summed E-state index contributed by atoms with van der Waals surface area (Å²) in [6, 6.07) is 4.93. The van der Waals surface area contributed by atoms with E-state index >= 15 is 0 Å². The van der Waals surface area contributed by atoms with Crippen LogP contribution in [0.25, 0.3) is 0 Å². The van der Waals surface area contributed by atoms with Gasteiger partial charge in [0, 0.05) is 12.2 Å². The summed E-state index contributed by atoms with van der Waals surface area (Å²) in [7, 11) is 1.58. The fourth-order valence-electron chi connectivity index (χ4n) is 1.47. The molecule has 0 aliphatic heterocycles. The summed E-state index contributed by atoms with van der Waals surface area (Å²) in [5, 5.41) is 13.6. The molecule has 2 amide bonds. The van der Waals surface area contributed by atoms with Crippen LogP contribution >= 0.6 is 0 Å². The van der Waals surface area contributed by atoms with E-state index in [1.54, 1.807) is 19.2 Å². The normalized spacial score (nSPS) is 9.90. The highest BCUT2D eigenvalue weighted by molar-refractivity contribution is 5.90. The number of amides is 2. The van der Waals surface area contributed by atoms with Crippen molar-refractivity contribution < 1.29 is 24.2 Å². The first-order valence-corrected chi connectivity index (χ1v) is 6.02. The molecule has 0 saturated heterocycles. The molecular formula is C13H18N2O5. The second-order valence-electron chi connectivity index (χ2n) is 4.01. The SMILES string of the molecule is COc1ccc(NC(=O)NCCOCC(=O)O)c(C)c1. The minimum atomic E-state index is -1.04. The molecule has 0 aliphatic rings. The van der Waals surface area contributed by atoms with Gasteiger partial charge >= 0.3 is 12.0 Å². The van der Waals surface area contributed by atoms with Gasteiger partial charge in [-0.05, 0) is 30.7 Å². The molecule has 0 aromatic heterocycles. The molecule has 0 spiro atoms. The molecule has 1 aromatic carbocycles. The number of ether oxygens (including phenoxy) is 2. The molecule has 110 valence electrons. The molecular weight excluding hydrogens is 264 g/mol. The Labute approximate surface area is 116 Å². The number of aliphatic carboxylic acids is 1. The third kappa shape index (κ3) is 5.57. The Kier molecular flexibility index (Phi) is 6.31. The number of hydrogen-bond acceptors (Lipinski definition) is 4. The zero-order valence-electron chi connectivity index (χ0n) is 11.4. The van der Waals surface area contributed by atoms with Crippen LogP contribution in [0.1, 0.15) is 5.56 Å². The second kappa shape index (κ2) is 8.00. The summed E-state index contributed by atoms with van der Waals surface area (Å²) >= 11 is 0. The highest BCUT2D eigenvalue weighted by Crippen LogP contribution is 2.20. The Morgan fingerprint density at radius 2 is 2.10 bits per heavy atom. The van der Waals surface area contributed by atoms with E-state index in [0.29, 0.717) is 5.69 Å². The number of carbonyl (C=O) groups is 2. The fourth-order valence-corrected chi connectivity index (χ4v) is 1.47. The van der Waals surface area contributed by atoms with Crippen molar-refractivity contribution in [2.75, 3.05) is 32.2 Å². The van der Waals surface area contributed by atoms with E-state index in [0.717, 1.165) is 11.3 Å². The first-order chi connectivity index (χ1) is 9.52. The average molecular weight is 282 g/mol. The van der Waals surface area contributed by atoms with Gasteiger partial charge in [0.1, 0.15) is 12.4 Å². The topological polar surface area (TPSA) is 96.9 Å². The van der Waals surface area contributed by atoms with Crippen molar-refractivity contribution in [3.63, 3.8) is 0 Å². The zero-order chi connectivity index (χ0) is 15.0. The van der Waals surface area contributed by atoms with Gasteiger partial charge in [0.15, 0.2) is 0 Å². The quantitative estimate of drug-likeness (QED) is 0.653. The number of carbonyl (C=O) groups excluding carboxylic acids is 1. The Morgan fingerprint density at radius 1 is 1.35 bits per heavy atom. The highest BCUT2D eigenvalue weighted by atomic mass is 16.5. The van der Waals surface area contributed by atoms with E-state index in [1.807, 2.05) is 13.0 Å². The van der Waals surface area contributed by atoms with Crippen LogP contribution in [-0.2, 0) is 9.53 Å². The van der Waals surface area contributed by atoms with Crippen molar-refractivity contribution in [1.82, 2.24) is 5.32 Å². The van der Waals surface area contributed by atoms with Gasteiger partial charge in [-0.2, -0.15) is 0 Å². The molecule has 0 saturated carbocycles. The maximum atomic E-state index is 11.6. The van der Waals surface area contributed by atoms with Crippen molar-refractivity contribution in [3.8, 4) is 5.75 Å². The van der Waals surface area contributed by atoms with Gasteiger partial charge in [-0.1, -0.05) is 0 Å². The van der Waals surface area contributed by atoms with Gasteiger partial charge in [-0.15, -0.1) is 0 Å².